The fourth-order valence-electron chi connectivity index (χ4n) is 1.64. The SMILES string of the molecule is CC[C@]1(C)C/C(=C/F)CN1C. The number of halogens is 1. The minimum Gasteiger partial charge on any atom is -0.297 e. The van der Waals surface area contributed by atoms with Crippen LogP contribution in [0.5, 0.6) is 0 Å². The number of nitrogens with zero attached hydrogens (tertiary/aromatic N) is 1. The van der Waals surface area contributed by atoms with Gasteiger partial charge in [0.25, 0.3) is 0 Å². The summed E-state index contributed by atoms with van der Waals surface area (Å²) >= 11 is 0. The lowest BCUT2D eigenvalue weighted by Crippen LogP contribution is -2.36. The van der Waals surface area contributed by atoms with Gasteiger partial charge in [-0.15, -0.1) is 0 Å². The van der Waals surface area contributed by atoms with Crippen molar-refractivity contribution in [2.75, 3.05) is 13.6 Å². The lowest BCUT2D eigenvalue weighted by atomic mass is 9.95. The monoisotopic (exact) mass is 157 g/mol. The van der Waals surface area contributed by atoms with E-state index in [2.05, 4.69) is 25.8 Å². The fourth-order valence-corrected chi connectivity index (χ4v) is 1.64. The first-order chi connectivity index (χ1) is 5.12. The molecule has 1 heterocycles. The van der Waals surface area contributed by atoms with Gasteiger partial charge in [0.05, 0.1) is 6.33 Å². The van der Waals surface area contributed by atoms with Crippen molar-refractivity contribution in [3.05, 3.63) is 11.9 Å². The van der Waals surface area contributed by atoms with E-state index in [0.29, 0.717) is 0 Å². The van der Waals surface area contributed by atoms with Crippen molar-refractivity contribution in [2.45, 2.75) is 32.2 Å². The Balaban J connectivity index is 2.73. The molecule has 1 aliphatic rings. The Morgan fingerprint density at radius 3 is 2.64 bits per heavy atom. The van der Waals surface area contributed by atoms with Gasteiger partial charge in [-0.25, -0.2) is 4.39 Å². The summed E-state index contributed by atoms with van der Waals surface area (Å²) in [4.78, 5) is 2.22. The van der Waals surface area contributed by atoms with Crippen molar-refractivity contribution in [2.24, 2.45) is 0 Å². The van der Waals surface area contributed by atoms with Gasteiger partial charge in [0.1, 0.15) is 0 Å². The Morgan fingerprint density at radius 2 is 2.36 bits per heavy atom. The molecule has 1 saturated heterocycles. The van der Waals surface area contributed by atoms with Crippen LogP contribution in [0.4, 0.5) is 4.39 Å². The second-order valence-corrected chi connectivity index (χ2v) is 3.65. The predicted octanol–water partition coefficient (Wildman–Crippen LogP) is 2.34. The zero-order chi connectivity index (χ0) is 8.48. The molecule has 11 heavy (non-hydrogen) atoms. The second-order valence-electron chi connectivity index (χ2n) is 3.65. The van der Waals surface area contributed by atoms with Crippen LogP contribution in [0.15, 0.2) is 11.9 Å². The Bertz CT molecular complexity index is 176. The molecule has 1 atom stereocenters. The van der Waals surface area contributed by atoms with Crippen LogP contribution >= 0.6 is 0 Å². The number of hydrogen-bond acceptors (Lipinski definition) is 1. The molecule has 0 saturated carbocycles. The summed E-state index contributed by atoms with van der Waals surface area (Å²) in [5.74, 6) is 0. The van der Waals surface area contributed by atoms with Gasteiger partial charge < -0.3 is 0 Å². The van der Waals surface area contributed by atoms with Crippen molar-refractivity contribution < 1.29 is 4.39 Å². The van der Waals surface area contributed by atoms with Gasteiger partial charge in [-0.05, 0) is 32.4 Å². The molecule has 0 radical (unpaired) electrons. The van der Waals surface area contributed by atoms with Gasteiger partial charge in [0.2, 0.25) is 0 Å². The maximum Gasteiger partial charge on any atom is 0.0872 e. The molecule has 0 spiro atoms. The van der Waals surface area contributed by atoms with Crippen molar-refractivity contribution in [1.29, 1.82) is 0 Å². The van der Waals surface area contributed by atoms with E-state index < -0.39 is 0 Å². The highest BCUT2D eigenvalue weighted by Gasteiger charge is 2.34. The zero-order valence-corrected chi connectivity index (χ0v) is 7.52. The molecular weight excluding hydrogens is 141 g/mol. The largest absolute Gasteiger partial charge is 0.297 e. The van der Waals surface area contributed by atoms with Crippen molar-refractivity contribution >= 4 is 0 Å². The standard InChI is InChI=1S/C9H16FN/c1-4-9(2)5-8(6-10)7-11(9)3/h6H,4-5,7H2,1-3H3/b8-6-/t9-/m1/s1. The van der Waals surface area contributed by atoms with E-state index in [1.54, 1.807) is 0 Å². The smallest absolute Gasteiger partial charge is 0.0872 e. The summed E-state index contributed by atoms with van der Waals surface area (Å²) < 4.78 is 12.2. The molecule has 0 N–H and O–H groups in total. The number of rotatable bonds is 1. The number of likely N-dealkylation sites (N-methyl/N-ethyl adjacent to an activating group) is 1. The van der Waals surface area contributed by atoms with Gasteiger partial charge in [-0.1, -0.05) is 6.92 Å². The molecule has 0 amide bonds. The molecule has 1 rings (SSSR count). The molecule has 64 valence electrons. The van der Waals surface area contributed by atoms with Crippen LogP contribution in [0.3, 0.4) is 0 Å². The quantitative estimate of drug-likeness (QED) is 0.564. The van der Waals surface area contributed by atoms with Crippen LogP contribution in [0.2, 0.25) is 0 Å². The average Bonchev–Trinajstić information content (AvgIpc) is 2.29. The third kappa shape index (κ3) is 1.45. The Morgan fingerprint density at radius 1 is 1.73 bits per heavy atom. The lowest BCUT2D eigenvalue weighted by Gasteiger charge is -2.30. The zero-order valence-electron chi connectivity index (χ0n) is 7.52. The summed E-state index contributed by atoms with van der Waals surface area (Å²) in [5.41, 5.74) is 1.12. The third-order valence-electron chi connectivity index (χ3n) is 2.89. The Labute approximate surface area is 67.9 Å². The van der Waals surface area contributed by atoms with Gasteiger partial charge in [-0.3, -0.25) is 4.90 Å². The van der Waals surface area contributed by atoms with Gasteiger partial charge >= 0.3 is 0 Å². The first kappa shape index (κ1) is 8.72. The fraction of sp³-hybridized carbons (Fsp3) is 0.778. The molecule has 0 bridgehead atoms. The van der Waals surface area contributed by atoms with Crippen LogP contribution in [0.1, 0.15) is 26.7 Å². The Kier molecular flexibility index (Phi) is 2.33. The van der Waals surface area contributed by atoms with Crippen LogP contribution in [-0.2, 0) is 0 Å². The first-order valence-electron chi connectivity index (χ1n) is 4.12. The maximum atomic E-state index is 12.2. The highest BCUT2D eigenvalue weighted by Crippen LogP contribution is 2.33. The minimum absolute atomic E-state index is 0.192. The summed E-state index contributed by atoms with van der Waals surface area (Å²) in [6.07, 6.45) is 2.73. The van der Waals surface area contributed by atoms with Crippen molar-refractivity contribution in [3.63, 3.8) is 0 Å². The van der Waals surface area contributed by atoms with Crippen LogP contribution < -0.4 is 0 Å². The van der Waals surface area contributed by atoms with E-state index in [1.165, 1.54) is 0 Å². The highest BCUT2D eigenvalue weighted by molar-refractivity contribution is 5.14. The van der Waals surface area contributed by atoms with E-state index in [4.69, 9.17) is 0 Å². The molecule has 1 fully saturated rings. The highest BCUT2D eigenvalue weighted by atomic mass is 19.1. The lowest BCUT2D eigenvalue weighted by molar-refractivity contribution is 0.189. The van der Waals surface area contributed by atoms with Crippen LogP contribution in [0, 0.1) is 0 Å². The Hall–Kier alpha value is -0.370. The van der Waals surface area contributed by atoms with Crippen LogP contribution in [0.25, 0.3) is 0 Å². The normalized spacial score (nSPS) is 36.9. The molecule has 0 aromatic carbocycles. The third-order valence-corrected chi connectivity index (χ3v) is 2.89. The average molecular weight is 157 g/mol. The van der Waals surface area contributed by atoms with Gasteiger partial charge in [-0.2, -0.15) is 0 Å². The number of likely N-dealkylation sites (tertiary alicyclic amines) is 1. The summed E-state index contributed by atoms with van der Waals surface area (Å²) in [6.45, 7) is 5.13. The molecule has 0 aromatic heterocycles. The molecule has 0 aliphatic carbocycles. The van der Waals surface area contributed by atoms with E-state index in [1.807, 2.05) is 0 Å². The van der Waals surface area contributed by atoms with Crippen molar-refractivity contribution in [1.82, 2.24) is 4.90 Å². The summed E-state index contributed by atoms with van der Waals surface area (Å²) in [6, 6.07) is 0. The van der Waals surface area contributed by atoms with E-state index in [-0.39, 0.29) is 5.54 Å². The molecule has 1 aliphatic heterocycles. The topological polar surface area (TPSA) is 3.24 Å². The summed E-state index contributed by atoms with van der Waals surface area (Å²) in [5, 5.41) is 0. The van der Waals surface area contributed by atoms with Crippen molar-refractivity contribution in [3.8, 4) is 0 Å². The van der Waals surface area contributed by atoms with E-state index >= 15 is 0 Å². The first-order valence-corrected chi connectivity index (χ1v) is 4.12. The predicted molar refractivity (Wildman–Crippen MR) is 45.1 cm³/mol. The van der Waals surface area contributed by atoms with E-state index in [9.17, 15) is 4.39 Å². The van der Waals surface area contributed by atoms with E-state index in [0.717, 1.165) is 31.3 Å². The second kappa shape index (κ2) is 2.94. The van der Waals surface area contributed by atoms with Gasteiger partial charge in [0, 0.05) is 12.1 Å². The molecule has 0 unspecified atom stereocenters. The maximum absolute atomic E-state index is 12.2. The summed E-state index contributed by atoms with van der Waals surface area (Å²) in [7, 11) is 2.06. The van der Waals surface area contributed by atoms with Crippen LogP contribution in [-0.4, -0.2) is 24.0 Å². The van der Waals surface area contributed by atoms with Gasteiger partial charge in [0.15, 0.2) is 0 Å². The minimum atomic E-state index is 0.192. The molecule has 0 aromatic rings. The molecular formula is C9H16FN. The number of hydrogen-bond donors (Lipinski definition) is 0. The molecule has 1 nitrogen and oxygen atoms in total. The molecule has 2 heteroatoms.